The van der Waals surface area contributed by atoms with E-state index in [1.165, 1.54) is 11.6 Å². The molecule has 35 heavy (non-hydrogen) atoms. The van der Waals surface area contributed by atoms with E-state index in [1.807, 2.05) is 0 Å². The molecule has 3 aromatic heterocycles. The van der Waals surface area contributed by atoms with Crippen LogP contribution >= 0.6 is 0 Å². The van der Waals surface area contributed by atoms with Crippen molar-refractivity contribution in [1.29, 1.82) is 0 Å². The number of nitrogens with one attached hydrogen (secondary N) is 1. The van der Waals surface area contributed by atoms with Crippen molar-refractivity contribution in [2.75, 3.05) is 39.4 Å². The van der Waals surface area contributed by atoms with Gasteiger partial charge in [-0.05, 0) is 30.5 Å². The molecule has 6 rings (SSSR count). The Balaban J connectivity index is 1.09. The van der Waals surface area contributed by atoms with Crippen LogP contribution in [0.25, 0.3) is 11.0 Å². The summed E-state index contributed by atoms with van der Waals surface area (Å²) in [6.07, 6.45) is 4.48. The van der Waals surface area contributed by atoms with Gasteiger partial charge in [-0.2, -0.15) is 0 Å². The zero-order valence-electron chi connectivity index (χ0n) is 19.3. The van der Waals surface area contributed by atoms with Gasteiger partial charge >= 0.3 is 0 Å². The highest BCUT2D eigenvalue weighted by molar-refractivity contribution is 5.82. The van der Waals surface area contributed by atoms with E-state index in [1.54, 1.807) is 16.8 Å². The molecule has 2 N–H and O–H groups in total. The number of nitrogens with zero attached hydrogens (tertiary/aromatic N) is 4. The third-order valence-corrected chi connectivity index (χ3v) is 7.16. The van der Waals surface area contributed by atoms with Crippen LogP contribution < -0.4 is 20.3 Å². The third kappa shape index (κ3) is 4.26. The number of rotatable bonds is 6. The number of fused-ring (bicyclic) bond motifs is 1. The van der Waals surface area contributed by atoms with E-state index in [-0.39, 0.29) is 29.9 Å². The Kier molecular flexibility index (Phi) is 5.87. The van der Waals surface area contributed by atoms with E-state index in [0.29, 0.717) is 43.8 Å². The molecule has 0 unspecified atom stereocenters. The number of β-amino-alcohol motifs (C(OH)–C–C–N with tert-alkyl or cyclic N) is 1. The average molecular weight is 482 g/mol. The van der Waals surface area contributed by atoms with Gasteiger partial charge in [0.15, 0.2) is 11.6 Å². The lowest BCUT2D eigenvalue weighted by atomic mass is 10.1. The Labute approximate surface area is 201 Å². The van der Waals surface area contributed by atoms with E-state index in [0.717, 1.165) is 37.1 Å². The van der Waals surface area contributed by atoms with Crippen molar-refractivity contribution in [2.24, 2.45) is 5.92 Å². The summed E-state index contributed by atoms with van der Waals surface area (Å²) in [6.45, 7) is 3.94. The summed E-state index contributed by atoms with van der Waals surface area (Å²) in [5.74, 6) is 0.442. The predicted molar refractivity (Wildman–Crippen MR) is 126 cm³/mol. The van der Waals surface area contributed by atoms with Crippen molar-refractivity contribution in [3.05, 3.63) is 58.0 Å². The standard InChI is InChI=1S/C25H28FN5O4/c26-19-9-29-20-3-4-23(33)31-18(14-35-25(19)24(20)31)12-30-11-16(21(32)13-30)7-27-8-17-6-15-2-1-5-34-22(15)10-28-17/h3-4,6,9-10,16,18,21,27,32H,1-2,5,7-8,11-14H2/t16-,18+,21+/m0/s1. The number of aliphatic hydroxyl groups excluding tert-OH is 1. The first-order valence-electron chi connectivity index (χ1n) is 12.1. The SMILES string of the molecule is O=c1ccc2ncc(F)c3c2n1[C@H](CN1C[C@H](CNCc2cc4c(cn2)OCCC4)[C@H](O)C1)CO3. The summed E-state index contributed by atoms with van der Waals surface area (Å²) in [4.78, 5) is 23.4. The van der Waals surface area contributed by atoms with Gasteiger partial charge in [0.25, 0.3) is 5.56 Å². The van der Waals surface area contributed by atoms with Gasteiger partial charge in [-0.1, -0.05) is 0 Å². The number of hydrogen-bond donors (Lipinski definition) is 2. The van der Waals surface area contributed by atoms with Crippen LogP contribution in [-0.2, 0) is 13.0 Å². The highest BCUT2D eigenvalue weighted by atomic mass is 19.1. The molecule has 0 aliphatic carbocycles. The molecule has 3 aliphatic rings. The van der Waals surface area contributed by atoms with Gasteiger partial charge in [0, 0.05) is 44.7 Å². The van der Waals surface area contributed by atoms with Crippen LogP contribution in [-0.4, -0.2) is 70.0 Å². The van der Waals surface area contributed by atoms with Crippen molar-refractivity contribution < 1.29 is 19.0 Å². The second kappa shape index (κ2) is 9.18. The largest absolute Gasteiger partial charge is 0.492 e. The predicted octanol–water partition coefficient (Wildman–Crippen LogP) is 1.27. The van der Waals surface area contributed by atoms with Gasteiger partial charge < -0.3 is 19.9 Å². The summed E-state index contributed by atoms with van der Waals surface area (Å²) in [7, 11) is 0. The van der Waals surface area contributed by atoms with Crippen molar-refractivity contribution in [3.8, 4) is 11.5 Å². The van der Waals surface area contributed by atoms with Crippen molar-refractivity contribution in [1.82, 2.24) is 24.8 Å². The summed E-state index contributed by atoms with van der Waals surface area (Å²) in [5.41, 5.74) is 2.88. The molecule has 0 spiro atoms. The number of aryl methyl sites for hydroxylation is 1. The van der Waals surface area contributed by atoms with Crippen LogP contribution in [0.15, 0.2) is 35.4 Å². The van der Waals surface area contributed by atoms with E-state index in [9.17, 15) is 14.3 Å². The Hall–Kier alpha value is -3.08. The quantitative estimate of drug-likeness (QED) is 0.543. The average Bonchev–Trinajstić information content (AvgIpc) is 3.21. The molecule has 184 valence electrons. The van der Waals surface area contributed by atoms with Crippen molar-refractivity contribution in [3.63, 3.8) is 0 Å². The van der Waals surface area contributed by atoms with E-state index in [2.05, 4.69) is 26.3 Å². The molecule has 3 aromatic rings. The summed E-state index contributed by atoms with van der Waals surface area (Å²) < 4.78 is 27.2. The minimum absolute atomic E-state index is 0.0550. The van der Waals surface area contributed by atoms with Crippen molar-refractivity contribution >= 4 is 11.0 Å². The second-order valence-corrected chi connectivity index (χ2v) is 9.59. The van der Waals surface area contributed by atoms with Gasteiger partial charge in [-0.15, -0.1) is 0 Å². The maximum atomic E-state index is 14.3. The zero-order valence-corrected chi connectivity index (χ0v) is 19.3. The highest BCUT2D eigenvalue weighted by Gasteiger charge is 2.34. The normalized spacial score (nSPS) is 23.7. The molecule has 0 radical (unpaired) electrons. The lowest BCUT2D eigenvalue weighted by molar-refractivity contribution is 0.134. The second-order valence-electron chi connectivity index (χ2n) is 9.59. The number of aliphatic hydroxyl groups is 1. The number of halogens is 1. The maximum absolute atomic E-state index is 14.3. The summed E-state index contributed by atoms with van der Waals surface area (Å²) in [6, 6.07) is 4.86. The van der Waals surface area contributed by atoms with Crippen LogP contribution in [0.4, 0.5) is 4.39 Å². The van der Waals surface area contributed by atoms with Crippen LogP contribution in [0, 0.1) is 11.7 Å². The number of pyridine rings is 3. The smallest absolute Gasteiger partial charge is 0.251 e. The number of ether oxygens (including phenoxy) is 2. The maximum Gasteiger partial charge on any atom is 0.251 e. The molecular formula is C25H28FN5O4. The van der Waals surface area contributed by atoms with E-state index >= 15 is 0 Å². The minimum atomic E-state index is -0.570. The van der Waals surface area contributed by atoms with Crippen LogP contribution in [0.5, 0.6) is 11.5 Å². The lowest BCUT2D eigenvalue weighted by Crippen LogP contribution is -2.40. The molecule has 1 fully saturated rings. The molecule has 0 aromatic carbocycles. The molecule has 9 nitrogen and oxygen atoms in total. The molecule has 0 saturated carbocycles. The summed E-state index contributed by atoms with van der Waals surface area (Å²) >= 11 is 0. The molecule has 3 atom stereocenters. The van der Waals surface area contributed by atoms with Crippen molar-refractivity contribution in [2.45, 2.75) is 31.5 Å². The summed E-state index contributed by atoms with van der Waals surface area (Å²) in [5, 5.41) is 14.1. The van der Waals surface area contributed by atoms with Crippen LogP contribution in [0.1, 0.15) is 23.7 Å². The first-order chi connectivity index (χ1) is 17.1. The van der Waals surface area contributed by atoms with E-state index in [4.69, 9.17) is 9.47 Å². The molecule has 10 heteroatoms. The molecule has 3 aliphatic heterocycles. The Bertz CT molecular complexity index is 1310. The monoisotopic (exact) mass is 481 g/mol. The number of likely N-dealkylation sites (tertiary alicyclic amines) is 1. The first kappa shape index (κ1) is 22.4. The molecule has 6 heterocycles. The van der Waals surface area contributed by atoms with Gasteiger partial charge in [-0.25, -0.2) is 4.39 Å². The zero-order chi connectivity index (χ0) is 23.9. The van der Waals surface area contributed by atoms with Gasteiger partial charge in [-0.3, -0.25) is 24.2 Å². The molecule has 0 amide bonds. The number of aromatic nitrogens is 3. The van der Waals surface area contributed by atoms with Gasteiger partial charge in [0.05, 0.1) is 42.4 Å². The lowest BCUT2D eigenvalue weighted by Gasteiger charge is -2.30. The molecular weight excluding hydrogens is 453 g/mol. The number of hydrogen-bond acceptors (Lipinski definition) is 8. The fraction of sp³-hybridized carbons (Fsp3) is 0.480. The Morgan fingerprint density at radius 2 is 2.11 bits per heavy atom. The third-order valence-electron chi connectivity index (χ3n) is 7.16. The first-order valence-corrected chi connectivity index (χ1v) is 12.1. The minimum Gasteiger partial charge on any atom is -0.492 e. The van der Waals surface area contributed by atoms with Gasteiger partial charge in [0.1, 0.15) is 17.9 Å². The Morgan fingerprint density at radius 3 is 3.03 bits per heavy atom. The highest BCUT2D eigenvalue weighted by Crippen LogP contribution is 2.33. The topological polar surface area (TPSA) is 102 Å². The van der Waals surface area contributed by atoms with Crippen LogP contribution in [0.3, 0.4) is 0 Å². The molecule has 0 bridgehead atoms. The van der Waals surface area contributed by atoms with Gasteiger partial charge in [0.2, 0.25) is 0 Å². The fourth-order valence-corrected chi connectivity index (χ4v) is 5.43. The molecule has 1 saturated heterocycles. The Morgan fingerprint density at radius 1 is 1.20 bits per heavy atom. The van der Waals surface area contributed by atoms with E-state index < -0.39 is 11.9 Å². The fourth-order valence-electron chi connectivity index (χ4n) is 5.43. The van der Waals surface area contributed by atoms with Crippen LogP contribution in [0.2, 0.25) is 0 Å².